The number of nitrogens with zero attached hydrogens (tertiary/aromatic N) is 2. The van der Waals surface area contributed by atoms with Crippen molar-refractivity contribution in [3.63, 3.8) is 0 Å². The molecule has 15 heavy (non-hydrogen) atoms. The molecule has 2 aromatic rings. The lowest BCUT2D eigenvalue weighted by molar-refractivity contribution is 0.872. The number of aryl methyl sites for hydroxylation is 3. The van der Waals surface area contributed by atoms with Crippen LogP contribution in [0.3, 0.4) is 0 Å². The molecule has 78 valence electrons. The van der Waals surface area contributed by atoms with Gasteiger partial charge < -0.3 is 4.57 Å². The van der Waals surface area contributed by atoms with Crippen LogP contribution in [-0.2, 0) is 7.05 Å². The lowest BCUT2D eigenvalue weighted by atomic mass is 10.2. The van der Waals surface area contributed by atoms with Crippen LogP contribution in [0.4, 0.5) is 0 Å². The molecule has 0 bridgehead atoms. The number of aromatic nitrogens is 2. The fourth-order valence-electron chi connectivity index (χ4n) is 1.59. The highest BCUT2D eigenvalue weighted by molar-refractivity contribution is 6.32. The zero-order valence-electron chi connectivity index (χ0n) is 8.84. The zero-order chi connectivity index (χ0) is 11.2. The number of halogens is 1. The lowest BCUT2D eigenvalue weighted by Gasteiger charge is -2.07. The summed E-state index contributed by atoms with van der Waals surface area (Å²) < 4.78 is 1.57. The van der Waals surface area contributed by atoms with Gasteiger partial charge in [0.2, 0.25) is 0 Å². The van der Waals surface area contributed by atoms with Gasteiger partial charge in [-0.1, -0.05) is 11.6 Å². The molecule has 0 radical (unpaired) electrons. The first kappa shape index (κ1) is 10.2. The maximum atomic E-state index is 11.6. The fraction of sp³-hybridized carbons (Fsp3) is 0.273. The number of hydrogen-bond acceptors (Lipinski definition) is 2. The molecule has 0 N–H and O–H groups in total. The molecule has 1 aromatic carbocycles. The summed E-state index contributed by atoms with van der Waals surface area (Å²) in [5.41, 5.74) is 2.96. The van der Waals surface area contributed by atoms with Crippen LogP contribution in [0.25, 0.3) is 11.0 Å². The summed E-state index contributed by atoms with van der Waals surface area (Å²) in [6, 6.07) is 3.67. The van der Waals surface area contributed by atoms with Crippen LogP contribution in [0.1, 0.15) is 11.3 Å². The molecule has 0 fully saturated rings. The Morgan fingerprint density at radius 3 is 2.67 bits per heavy atom. The molecule has 0 unspecified atom stereocenters. The van der Waals surface area contributed by atoms with E-state index in [1.165, 1.54) is 0 Å². The average molecular weight is 223 g/mol. The van der Waals surface area contributed by atoms with E-state index < -0.39 is 0 Å². The Morgan fingerprint density at radius 1 is 1.33 bits per heavy atom. The van der Waals surface area contributed by atoms with Crippen LogP contribution in [0.5, 0.6) is 0 Å². The van der Waals surface area contributed by atoms with Gasteiger partial charge >= 0.3 is 0 Å². The van der Waals surface area contributed by atoms with Crippen molar-refractivity contribution in [2.75, 3.05) is 0 Å². The molecule has 1 aromatic heterocycles. The van der Waals surface area contributed by atoms with E-state index in [0.29, 0.717) is 10.7 Å². The third kappa shape index (κ3) is 1.53. The van der Waals surface area contributed by atoms with Crippen molar-refractivity contribution >= 4 is 22.6 Å². The minimum atomic E-state index is -0.0811. The van der Waals surface area contributed by atoms with Crippen molar-refractivity contribution in [1.82, 2.24) is 9.55 Å². The van der Waals surface area contributed by atoms with Gasteiger partial charge in [-0.05, 0) is 31.5 Å². The van der Waals surface area contributed by atoms with Gasteiger partial charge in [-0.2, -0.15) is 0 Å². The Hall–Kier alpha value is -1.35. The van der Waals surface area contributed by atoms with Crippen molar-refractivity contribution in [2.24, 2.45) is 7.05 Å². The molecule has 0 aliphatic carbocycles. The van der Waals surface area contributed by atoms with E-state index in [1.54, 1.807) is 24.6 Å². The van der Waals surface area contributed by atoms with E-state index >= 15 is 0 Å². The van der Waals surface area contributed by atoms with Gasteiger partial charge in [0, 0.05) is 12.1 Å². The normalized spacial score (nSPS) is 10.9. The lowest BCUT2D eigenvalue weighted by Crippen LogP contribution is -2.21. The zero-order valence-corrected chi connectivity index (χ0v) is 9.59. The molecule has 2 rings (SSSR count). The Balaban J connectivity index is 3.00. The minimum absolute atomic E-state index is 0.0811. The Kier molecular flexibility index (Phi) is 2.27. The molecular formula is C11H11ClN2O. The molecule has 4 heteroatoms. The van der Waals surface area contributed by atoms with Crippen LogP contribution in [0, 0.1) is 13.8 Å². The van der Waals surface area contributed by atoms with Crippen LogP contribution in [-0.4, -0.2) is 9.55 Å². The number of rotatable bonds is 0. The molecule has 0 spiro atoms. The minimum Gasteiger partial charge on any atom is -0.308 e. The summed E-state index contributed by atoms with van der Waals surface area (Å²) >= 11 is 6.01. The first-order valence-electron chi connectivity index (χ1n) is 4.64. The molecule has 0 amide bonds. The molecule has 0 aliphatic heterocycles. The number of fused-ring (bicyclic) bond motifs is 1. The first-order chi connectivity index (χ1) is 7.00. The van der Waals surface area contributed by atoms with Gasteiger partial charge in [0.25, 0.3) is 5.56 Å². The maximum absolute atomic E-state index is 11.6. The smallest absolute Gasteiger partial charge is 0.272 e. The van der Waals surface area contributed by atoms with Crippen LogP contribution in [0.15, 0.2) is 16.9 Å². The molecular weight excluding hydrogens is 212 g/mol. The number of benzene rings is 1. The predicted octanol–water partition coefficient (Wildman–Crippen LogP) is 2.20. The number of hydrogen-bond donors (Lipinski definition) is 0. The molecule has 0 atom stereocenters. The summed E-state index contributed by atoms with van der Waals surface area (Å²) in [4.78, 5) is 15.9. The third-order valence-electron chi connectivity index (χ3n) is 2.52. The summed E-state index contributed by atoms with van der Waals surface area (Å²) in [5.74, 6) is 0. The van der Waals surface area contributed by atoms with Gasteiger partial charge in [-0.25, -0.2) is 4.98 Å². The topological polar surface area (TPSA) is 34.9 Å². The molecule has 0 saturated heterocycles. The molecule has 0 saturated carbocycles. The average Bonchev–Trinajstić information content (AvgIpc) is 2.19. The second-order valence-corrected chi connectivity index (χ2v) is 4.06. The quantitative estimate of drug-likeness (QED) is 0.685. The highest BCUT2D eigenvalue weighted by Gasteiger charge is 2.06. The predicted molar refractivity (Wildman–Crippen MR) is 61.5 cm³/mol. The van der Waals surface area contributed by atoms with E-state index in [9.17, 15) is 4.79 Å². The summed E-state index contributed by atoms with van der Waals surface area (Å²) in [6.07, 6.45) is 0. The van der Waals surface area contributed by atoms with Gasteiger partial charge in [-0.15, -0.1) is 0 Å². The first-order valence-corrected chi connectivity index (χ1v) is 5.02. The summed E-state index contributed by atoms with van der Waals surface area (Å²) in [6.45, 7) is 3.63. The highest BCUT2D eigenvalue weighted by atomic mass is 35.5. The largest absolute Gasteiger partial charge is 0.308 e. The fourth-order valence-corrected chi connectivity index (χ4v) is 1.75. The maximum Gasteiger partial charge on any atom is 0.272 e. The van der Waals surface area contributed by atoms with Gasteiger partial charge in [0.15, 0.2) is 0 Å². The van der Waals surface area contributed by atoms with Crippen LogP contribution >= 0.6 is 11.6 Å². The Bertz CT molecular complexity index is 602. The van der Waals surface area contributed by atoms with Gasteiger partial charge in [-0.3, -0.25) is 4.79 Å². The highest BCUT2D eigenvalue weighted by Crippen LogP contribution is 2.20. The summed E-state index contributed by atoms with van der Waals surface area (Å²) in [5, 5.41) is 0.656. The van der Waals surface area contributed by atoms with E-state index in [4.69, 9.17) is 11.6 Å². The second kappa shape index (κ2) is 3.35. The van der Waals surface area contributed by atoms with Crippen molar-refractivity contribution < 1.29 is 0 Å². The van der Waals surface area contributed by atoms with E-state index in [2.05, 4.69) is 4.98 Å². The van der Waals surface area contributed by atoms with E-state index in [1.807, 2.05) is 13.0 Å². The van der Waals surface area contributed by atoms with Crippen molar-refractivity contribution in [1.29, 1.82) is 0 Å². The van der Waals surface area contributed by atoms with Crippen LogP contribution in [0.2, 0.25) is 5.02 Å². The van der Waals surface area contributed by atoms with Crippen molar-refractivity contribution in [2.45, 2.75) is 13.8 Å². The van der Waals surface area contributed by atoms with Crippen molar-refractivity contribution in [3.8, 4) is 0 Å². The Morgan fingerprint density at radius 2 is 2.00 bits per heavy atom. The monoisotopic (exact) mass is 222 g/mol. The van der Waals surface area contributed by atoms with E-state index in [-0.39, 0.29) is 5.56 Å². The Labute approximate surface area is 92.3 Å². The van der Waals surface area contributed by atoms with Gasteiger partial charge in [0.1, 0.15) is 5.69 Å². The molecule has 0 aliphatic rings. The van der Waals surface area contributed by atoms with Crippen LogP contribution < -0.4 is 5.56 Å². The SMILES string of the molecule is Cc1cc2nc(C)c(=O)n(C)c2cc1Cl. The standard InChI is InChI=1S/C11H11ClN2O/c1-6-4-9-10(5-8(6)12)14(3)11(15)7(2)13-9/h4-5H,1-3H3. The molecule has 1 heterocycles. The summed E-state index contributed by atoms with van der Waals surface area (Å²) in [7, 11) is 1.73. The van der Waals surface area contributed by atoms with E-state index in [0.717, 1.165) is 16.6 Å². The third-order valence-corrected chi connectivity index (χ3v) is 2.93. The second-order valence-electron chi connectivity index (χ2n) is 3.65. The molecule has 3 nitrogen and oxygen atoms in total. The van der Waals surface area contributed by atoms with Crippen molar-refractivity contribution in [3.05, 3.63) is 38.8 Å². The van der Waals surface area contributed by atoms with Gasteiger partial charge in [0.05, 0.1) is 11.0 Å².